The molecule has 0 saturated carbocycles. The van der Waals surface area contributed by atoms with Gasteiger partial charge in [-0.1, -0.05) is 66.7 Å². The Morgan fingerprint density at radius 2 is 1.12 bits per heavy atom. The van der Waals surface area contributed by atoms with E-state index in [1.165, 1.54) is 0 Å². The third kappa shape index (κ3) is 4.09. The van der Waals surface area contributed by atoms with Crippen molar-refractivity contribution in [1.82, 2.24) is 0 Å². The number of hydrogen-bond acceptors (Lipinski definition) is 3. The molecule has 3 aromatic rings. The highest BCUT2D eigenvalue weighted by Crippen LogP contribution is 2.60. The number of nitrogens with zero attached hydrogens (tertiary/aromatic N) is 1. The van der Waals surface area contributed by atoms with Crippen LogP contribution >= 0.6 is 7.60 Å². The van der Waals surface area contributed by atoms with E-state index in [0.717, 1.165) is 0 Å². The molecule has 0 radical (unpaired) electrons. The molecule has 1 unspecified atom stereocenters. The van der Waals surface area contributed by atoms with Gasteiger partial charge < -0.3 is 9.05 Å². The van der Waals surface area contributed by atoms with Crippen LogP contribution in [0.5, 0.6) is 11.5 Å². The molecule has 0 aromatic heterocycles. The molecule has 0 bridgehead atoms. The van der Waals surface area contributed by atoms with Crippen molar-refractivity contribution in [2.75, 3.05) is 0 Å². The summed E-state index contributed by atoms with van der Waals surface area (Å²) in [5.74, 6) is -0.271. The third-order valence-electron chi connectivity index (χ3n) is 3.47. The molecule has 0 amide bonds. The Bertz CT molecular complexity index is 847. The summed E-state index contributed by atoms with van der Waals surface area (Å²) in [7, 11) is -3.85. The fourth-order valence-electron chi connectivity index (χ4n) is 2.33. The second kappa shape index (κ2) is 7.70. The Balaban J connectivity index is 2.01. The molecule has 124 valence electrons. The molecule has 3 rings (SSSR count). The predicted octanol–water partition coefficient (Wildman–Crippen LogP) is 5.96. The van der Waals surface area contributed by atoms with Crippen LogP contribution < -0.4 is 9.05 Å². The Hall–Kier alpha value is -3.02. The first-order valence-corrected chi connectivity index (χ1v) is 9.33. The van der Waals surface area contributed by atoms with Gasteiger partial charge in [-0.25, -0.2) is 11.1 Å². The van der Waals surface area contributed by atoms with E-state index in [4.69, 9.17) is 15.6 Å². The van der Waals surface area contributed by atoms with Crippen LogP contribution in [0.3, 0.4) is 0 Å². The lowest BCUT2D eigenvalue weighted by Gasteiger charge is -2.21. The Labute approximate surface area is 147 Å². The minimum Gasteiger partial charge on any atom is -0.411 e. The summed E-state index contributed by atoms with van der Waals surface area (Å²) in [6, 6.07) is 26.4. The van der Waals surface area contributed by atoms with E-state index in [-0.39, 0.29) is 0 Å². The Kier molecular flexibility index (Phi) is 5.18. The van der Waals surface area contributed by atoms with Gasteiger partial charge in [0.25, 0.3) is 0 Å². The highest BCUT2D eigenvalue weighted by atomic mass is 31.2. The Morgan fingerprint density at radius 1 is 0.720 bits per heavy atom. The van der Waals surface area contributed by atoms with E-state index in [1.807, 2.05) is 18.2 Å². The molecule has 0 N–H and O–H groups in total. The van der Waals surface area contributed by atoms with Crippen LogP contribution in [0, 0.1) is 6.57 Å². The largest absolute Gasteiger partial charge is 0.517 e. The summed E-state index contributed by atoms with van der Waals surface area (Å²) in [6.45, 7) is 7.58. The lowest BCUT2D eigenvalue weighted by Crippen LogP contribution is -2.08. The van der Waals surface area contributed by atoms with Crippen LogP contribution in [0.4, 0.5) is 0 Å². The van der Waals surface area contributed by atoms with E-state index < -0.39 is 13.4 Å². The summed E-state index contributed by atoms with van der Waals surface area (Å²) in [5, 5.41) is 0. The van der Waals surface area contributed by atoms with Crippen LogP contribution in [0.1, 0.15) is 11.3 Å². The first-order chi connectivity index (χ1) is 12.2. The zero-order valence-electron chi connectivity index (χ0n) is 13.4. The molecular weight excluding hydrogens is 333 g/mol. The summed E-state index contributed by atoms with van der Waals surface area (Å²) in [6.07, 6.45) is 0. The van der Waals surface area contributed by atoms with Gasteiger partial charge in [-0.2, -0.15) is 0 Å². The average Bonchev–Trinajstić information content (AvgIpc) is 2.64. The first-order valence-electron chi connectivity index (χ1n) is 7.72. The number of benzene rings is 3. The van der Waals surface area contributed by atoms with Crippen molar-refractivity contribution in [1.29, 1.82) is 0 Å². The SMILES string of the molecule is [C-]#[N+]C(c1ccccc1)P(=O)(Oc1ccccc1)Oc1ccccc1. The van der Waals surface area contributed by atoms with Crippen LogP contribution in [0.15, 0.2) is 91.0 Å². The number of para-hydroxylation sites is 2. The van der Waals surface area contributed by atoms with E-state index in [9.17, 15) is 4.57 Å². The summed E-state index contributed by atoms with van der Waals surface area (Å²) in [4.78, 5) is 3.56. The molecule has 5 heteroatoms. The van der Waals surface area contributed by atoms with Gasteiger partial charge in [0.1, 0.15) is 11.5 Å². The fourth-order valence-corrected chi connectivity index (χ4v) is 4.07. The van der Waals surface area contributed by atoms with Gasteiger partial charge in [0.05, 0.1) is 0 Å². The minimum absolute atomic E-state index is 0.395. The number of hydrogen-bond donors (Lipinski definition) is 0. The third-order valence-corrected chi connectivity index (χ3v) is 5.41. The molecule has 0 saturated heterocycles. The highest BCUT2D eigenvalue weighted by Gasteiger charge is 2.46. The maximum absolute atomic E-state index is 13.6. The second-order valence-corrected chi connectivity index (χ2v) is 7.20. The average molecular weight is 349 g/mol. The molecule has 0 spiro atoms. The van der Waals surface area contributed by atoms with E-state index in [2.05, 4.69) is 4.85 Å². The van der Waals surface area contributed by atoms with E-state index in [0.29, 0.717) is 17.1 Å². The topological polar surface area (TPSA) is 39.9 Å². The smallest absolute Gasteiger partial charge is 0.411 e. The van der Waals surface area contributed by atoms with Gasteiger partial charge in [-0.05, 0) is 24.3 Å². The minimum atomic E-state index is -3.85. The molecule has 4 nitrogen and oxygen atoms in total. The zero-order valence-corrected chi connectivity index (χ0v) is 14.3. The maximum Gasteiger partial charge on any atom is 0.517 e. The van der Waals surface area contributed by atoms with Gasteiger partial charge in [-0.15, -0.1) is 0 Å². The monoisotopic (exact) mass is 349 g/mol. The summed E-state index contributed by atoms with van der Waals surface area (Å²) >= 11 is 0. The molecule has 1 atom stereocenters. The summed E-state index contributed by atoms with van der Waals surface area (Å²) < 4.78 is 25.1. The van der Waals surface area contributed by atoms with E-state index >= 15 is 0 Å². The van der Waals surface area contributed by atoms with Gasteiger partial charge in [0, 0.05) is 5.56 Å². The first kappa shape index (κ1) is 16.8. The molecule has 0 heterocycles. The predicted molar refractivity (Wildman–Crippen MR) is 97.5 cm³/mol. The van der Waals surface area contributed by atoms with Crippen molar-refractivity contribution in [2.45, 2.75) is 5.78 Å². The lowest BCUT2D eigenvalue weighted by atomic mass is 10.2. The van der Waals surface area contributed by atoms with Crippen molar-refractivity contribution in [3.63, 3.8) is 0 Å². The van der Waals surface area contributed by atoms with Crippen LogP contribution in [-0.4, -0.2) is 0 Å². The van der Waals surface area contributed by atoms with Crippen molar-refractivity contribution in [3.8, 4) is 11.5 Å². The number of rotatable bonds is 6. The van der Waals surface area contributed by atoms with Crippen molar-refractivity contribution >= 4 is 7.60 Å². The van der Waals surface area contributed by atoms with E-state index in [1.54, 1.807) is 72.8 Å². The fraction of sp³-hybridized carbons (Fsp3) is 0.0500. The van der Waals surface area contributed by atoms with Crippen molar-refractivity contribution in [2.24, 2.45) is 0 Å². The lowest BCUT2D eigenvalue weighted by molar-refractivity contribution is 0.378. The normalized spacial score (nSPS) is 12.0. The van der Waals surface area contributed by atoms with Gasteiger partial charge in [0.15, 0.2) is 0 Å². The standard InChI is InChI=1S/C20H16NO3P/c1-21-20(17-11-5-2-6-12-17)25(22,23-18-13-7-3-8-14-18)24-19-15-9-4-10-16-19/h2-16,20H. The molecule has 3 aromatic carbocycles. The molecule has 0 aliphatic rings. The second-order valence-electron chi connectivity index (χ2n) is 5.26. The van der Waals surface area contributed by atoms with Crippen molar-refractivity contribution in [3.05, 3.63) is 108 Å². The molecular formula is C20H16NO3P. The zero-order chi connectivity index (χ0) is 17.5. The van der Waals surface area contributed by atoms with Gasteiger partial charge >= 0.3 is 13.4 Å². The summed E-state index contributed by atoms with van der Waals surface area (Å²) in [5.41, 5.74) is 0.590. The van der Waals surface area contributed by atoms with Gasteiger partial charge in [-0.3, -0.25) is 4.85 Å². The quantitative estimate of drug-likeness (QED) is 0.407. The van der Waals surface area contributed by atoms with Gasteiger partial charge in [0.2, 0.25) is 0 Å². The van der Waals surface area contributed by atoms with Crippen molar-refractivity contribution < 1.29 is 13.6 Å². The van der Waals surface area contributed by atoms with Crippen LogP contribution in [0.25, 0.3) is 4.85 Å². The molecule has 0 aliphatic heterocycles. The molecule has 25 heavy (non-hydrogen) atoms. The van der Waals surface area contributed by atoms with Crippen LogP contribution in [0.2, 0.25) is 0 Å². The molecule has 0 fully saturated rings. The Morgan fingerprint density at radius 3 is 1.52 bits per heavy atom. The highest BCUT2D eigenvalue weighted by molar-refractivity contribution is 7.55. The maximum atomic E-state index is 13.6. The molecule has 0 aliphatic carbocycles. The van der Waals surface area contributed by atoms with Crippen LogP contribution in [-0.2, 0) is 4.57 Å².